The molecular formula is C18H22N2O3S2. The highest BCUT2D eigenvalue weighted by Crippen LogP contribution is 2.24. The van der Waals surface area contributed by atoms with Gasteiger partial charge in [0.1, 0.15) is 4.88 Å². The van der Waals surface area contributed by atoms with E-state index < -0.39 is 12.0 Å². The van der Waals surface area contributed by atoms with Crippen LogP contribution in [0.3, 0.4) is 0 Å². The second-order valence-electron chi connectivity index (χ2n) is 5.67. The van der Waals surface area contributed by atoms with Gasteiger partial charge in [0.25, 0.3) is 5.91 Å². The molecule has 0 aliphatic carbocycles. The molecule has 0 bridgehead atoms. The van der Waals surface area contributed by atoms with E-state index in [9.17, 15) is 14.7 Å². The van der Waals surface area contributed by atoms with E-state index in [-0.39, 0.29) is 12.3 Å². The fraction of sp³-hybridized carbons (Fsp3) is 0.389. The third-order valence-corrected chi connectivity index (χ3v) is 5.67. The lowest BCUT2D eigenvalue weighted by atomic mass is 10.0. The normalized spacial score (nSPS) is 12.0. The molecule has 1 atom stereocenters. The topological polar surface area (TPSA) is 79.3 Å². The number of thiazole rings is 1. The molecule has 0 aliphatic heterocycles. The van der Waals surface area contributed by atoms with Gasteiger partial charge >= 0.3 is 5.97 Å². The number of carbonyl (C=O) groups excluding carboxylic acids is 1. The fourth-order valence-electron chi connectivity index (χ4n) is 2.47. The lowest BCUT2D eigenvalue weighted by molar-refractivity contribution is -0.137. The van der Waals surface area contributed by atoms with Crippen LogP contribution in [0.5, 0.6) is 0 Å². The first-order valence-corrected chi connectivity index (χ1v) is 10.1. The number of nitrogens with zero attached hydrogens (tertiary/aromatic N) is 1. The van der Waals surface area contributed by atoms with Crippen molar-refractivity contribution in [3.8, 4) is 0 Å². The average molecular weight is 379 g/mol. The quantitative estimate of drug-likeness (QED) is 0.677. The third-order valence-electron chi connectivity index (χ3n) is 3.71. The first kappa shape index (κ1) is 19.5. The molecule has 5 nitrogen and oxygen atoms in total. The number of hydrogen-bond donors (Lipinski definition) is 2. The highest BCUT2D eigenvalue weighted by atomic mass is 32.2. The molecule has 134 valence electrons. The van der Waals surface area contributed by atoms with Crippen molar-refractivity contribution in [2.75, 3.05) is 6.26 Å². The number of hydrogen-bond acceptors (Lipinski definition) is 5. The number of benzene rings is 1. The Morgan fingerprint density at radius 1 is 1.32 bits per heavy atom. The Labute approximate surface area is 155 Å². The van der Waals surface area contributed by atoms with Gasteiger partial charge in [-0.1, -0.05) is 19.1 Å². The highest BCUT2D eigenvalue weighted by molar-refractivity contribution is 7.98. The summed E-state index contributed by atoms with van der Waals surface area (Å²) in [5.74, 6) is -1.22. The Balaban J connectivity index is 2.20. The summed E-state index contributed by atoms with van der Waals surface area (Å²) in [5, 5.41) is 13.0. The van der Waals surface area contributed by atoms with Gasteiger partial charge in [-0.25, -0.2) is 4.98 Å². The van der Waals surface area contributed by atoms with Gasteiger partial charge in [0.05, 0.1) is 23.2 Å². The zero-order chi connectivity index (χ0) is 18.4. The van der Waals surface area contributed by atoms with Crippen LogP contribution >= 0.6 is 23.1 Å². The Morgan fingerprint density at radius 2 is 2.00 bits per heavy atom. The lowest BCUT2D eigenvalue weighted by Crippen LogP contribution is -2.30. The smallest absolute Gasteiger partial charge is 0.305 e. The number of aliphatic carboxylic acids is 1. The fourth-order valence-corrected chi connectivity index (χ4v) is 3.95. The molecule has 0 spiro atoms. The van der Waals surface area contributed by atoms with Gasteiger partial charge in [0, 0.05) is 4.90 Å². The van der Waals surface area contributed by atoms with Gasteiger partial charge < -0.3 is 10.4 Å². The van der Waals surface area contributed by atoms with Crippen molar-refractivity contribution in [3.63, 3.8) is 0 Å². The molecule has 0 saturated carbocycles. The summed E-state index contributed by atoms with van der Waals surface area (Å²) in [4.78, 5) is 29.9. The van der Waals surface area contributed by atoms with Crippen LogP contribution in [0.4, 0.5) is 0 Å². The monoisotopic (exact) mass is 378 g/mol. The molecular weight excluding hydrogens is 356 g/mol. The molecule has 25 heavy (non-hydrogen) atoms. The summed E-state index contributed by atoms with van der Waals surface area (Å²) in [6.45, 7) is 3.88. The Morgan fingerprint density at radius 3 is 2.56 bits per heavy atom. The molecule has 1 amide bonds. The van der Waals surface area contributed by atoms with Crippen molar-refractivity contribution in [1.29, 1.82) is 0 Å². The maximum absolute atomic E-state index is 12.6. The third kappa shape index (κ3) is 5.31. The van der Waals surface area contributed by atoms with Crippen molar-refractivity contribution in [2.24, 2.45) is 0 Å². The highest BCUT2D eigenvalue weighted by Gasteiger charge is 2.22. The SMILES string of the molecule is CCCc1nc(C)c(C(=O)NC(CC(=O)O)c2ccc(SC)cc2)s1. The number of rotatable bonds is 8. The summed E-state index contributed by atoms with van der Waals surface area (Å²) in [6, 6.07) is 7.01. The molecule has 1 unspecified atom stereocenters. The van der Waals surface area contributed by atoms with Crippen molar-refractivity contribution >= 4 is 35.0 Å². The number of thioether (sulfide) groups is 1. The first-order chi connectivity index (χ1) is 11.9. The van der Waals surface area contributed by atoms with Crippen LogP contribution in [0, 0.1) is 6.92 Å². The van der Waals surface area contributed by atoms with E-state index >= 15 is 0 Å². The van der Waals surface area contributed by atoms with Crippen LogP contribution in [-0.4, -0.2) is 28.2 Å². The molecule has 0 aliphatic rings. The van der Waals surface area contributed by atoms with Gasteiger partial charge in [-0.2, -0.15) is 0 Å². The van der Waals surface area contributed by atoms with E-state index in [2.05, 4.69) is 17.2 Å². The maximum atomic E-state index is 12.6. The van der Waals surface area contributed by atoms with Gasteiger partial charge in [-0.05, 0) is 43.7 Å². The molecule has 7 heteroatoms. The Kier molecular flexibility index (Phi) is 7.01. The average Bonchev–Trinajstić information content (AvgIpc) is 2.95. The van der Waals surface area contributed by atoms with Gasteiger partial charge in [-0.3, -0.25) is 9.59 Å². The second-order valence-corrected chi connectivity index (χ2v) is 7.63. The van der Waals surface area contributed by atoms with Gasteiger partial charge in [0.2, 0.25) is 0 Å². The van der Waals surface area contributed by atoms with E-state index in [0.29, 0.717) is 10.6 Å². The Hall–Kier alpha value is -1.86. The minimum atomic E-state index is -0.952. The molecule has 2 rings (SSSR count). The van der Waals surface area contributed by atoms with E-state index in [1.165, 1.54) is 11.3 Å². The Bertz CT molecular complexity index is 741. The number of carbonyl (C=O) groups is 2. The largest absolute Gasteiger partial charge is 0.481 e. The number of aromatic nitrogens is 1. The predicted octanol–water partition coefficient (Wildman–Crippen LogP) is 4.07. The summed E-state index contributed by atoms with van der Waals surface area (Å²) >= 11 is 2.99. The lowest BCUT2D eigenvalue weighted by Gasteiger charge is -2.17. The van der Waals surface area contributed by atoms with Crippen LogP contribution < -0.4 is 5.32 Å². The predicted molar refractivity (Wildman–Crippen MR) is 102 cm³/mol. The number of carboxylic acid groups (broad SMARTS) is 1. The summed E-state index contributed by atoms with van der Waals surface area (Å²) in [7, 11) is 0. The van der Waals surface area contributed by atoms with E-state index in [4.69, 9.17) is 0 Å². The molecule has 1 aromatic heterocycles. The molecule has 0 radical (unpaired) electrons. The maximum Gasteiger partial charge on any atom is 0.305 e. The number of nitrogens with one attached hydrogen (secondary N) is 1. The molecule has 1 heterocycles. The van der Waals surface area contributed by atoms with Crippen LogP contribution in [0.25, 0.3) is 0 Å². The van der Waals surface area contributed by atoms with Crippen LogP contribution in [0.2, 0.25) is 0 Å². The minimum absolute atomic E-state index is 0.163. The van der Waals surface area contributed by atoms with Gasteiger partial charge in [-0.15, -0.1) is 23.1 Å². The number of carboxylic acids is 1. The summed E-state index contributed by atoms with van der Waals surface area (Å²) in [5.41, 5.74) is 1.47. The zero-order valence-corrected chi connectivity index (χ0v) is 16.2. The summed E-state index contributed by atoms with van der Waals surface area (Å²) in [6.07, 6.45) is 3.63. The first-order valence-electron chi connectivity index (χ1n) is 8.07. The number of amides is 1. The van der Waals surface area contributed by atoms with E-state index in [0.717, 1.165) is 28.3 Å². The zero-order valence-electron chi connectivity index (χ0n) is 14.5. The second kappa shape index (κ2) is 9.01. The molecule has 0 fully saturated rings. The van der Waals surface area contributed by atoms with Crippen LogP contribution in [-0.2, 0) is 11.2 Å². The van der Waals surface area contributed by atoms with Crippen molar-refractivity contribution in [2.45, 2.75) is 44.0 Å². The standard InChI is InChI=1S/C18H22N2O3S2/c1-4-5-15-19-11(2)17(25-15)18(23)20-14(10-16(21)22)12-6-8-13(24-3)9-7-12/h6-9,14H,4-5,10H2,1-3H3,(H,20,23)(H,21,22). The van der Waals surface area contributed by atoms with Crippen molar-refractivity contribution in [3.05, 3.63) is 45.4 Å². The molecule has 2 N–H and O–H groups in total. The molecule has 0 saturated heterocycles. The van der Waals surface area contributed by atoms with Crippen molar-refractivity contribution in [1.82, 2.24) is 10.3 Å². The van der Waals surface area contributed by atoms with Crippen molar-refractivity contribution < 1.29 is 14.7 Å². The summed E-state index contributed by atoms with van der Waals surface area (Å²) < 4.78 is 0. The minimum Gasteiger partial charge on any atom is -0.481 e. The van der Waals surface area contributed by atoms with Crippen LogP contribution in [0.15, 0.2) is 29.2 Å². The molecule has 2 aromatic rings. The van der Waals surface area contributed by atoms with Gasteiger partial charge in [0.15, 0.2) is 0 Å². The van der Waals surface area contributed by atoms with E-state index in [1.807, 2.05) is 37.4 Å². The molecule has 1 aromatic carbocycles. The number of aryl methyl sites for hydroxylation is 2. The van der Waals surface area contributed by atoms with Crippen LogP contribution in [0.1, 0.15) is 51.7 Å². The van der Waals surface area contributed by atoms with E-state index in [1.54, 1.807) is 11.8 Å².